The smallest absolute Gasteiger partial charge is 0.135 e. The highest BCUT2D eigenvalue weighted by Crippen LogP contribution is 2.32. The van der Waals surface area contributed by atoms with Crippen molar-refractivity contribution < 1.29 is 0 Å². The number of aliphatic imine (C=N–C) groups is 1. The summed E-state index contributed by atoms with van der Waals surface area (Å²) in [5.41, 5.74) is 0. The maximum Gasteiger partial charge on any atom is 0.135 e. The molecule has 0 spiro atoms. The monoisotopic (exact) mass is 257 g/mol. The Hall–Kier alpha value is 0.980. The van der Waals surface area contributed by atoms with Crippen molar-refractivity contribution in [3.63, 3.8) is 0 Å². The lowest BCUT2D eigenvalue weighted by molar-refractivity contribution is 0.928. The first-order valence-electron chi connectivity index (χ1n) is 2.24. The number of halogens is 2. The Bertz CT molecular complexity index is 125. The molecule has 0 amide bonds. The first kappa shape index (κ1) is 7.09. The quantitative estimate of drug-likeness (QED) is 0.481. The van der Waals surface area contributed by atoms with Crippen molar-refractivity contribution in [2.24, 2.45) is 4.99 Å². The number of rotatable bonds is 0. The summed E-state index contributed by atoms with van der Waals surface area (Å²) in [5.74, 6) is 0. The molecule has 0 fully saturated rings. The van der Waals surface area contributed by atoms with E-state index in [2.05, 4.69) is 43.8 Å². The van der Waals surface area contributed by atoms with Crippen LogP contribution in [0.15, 0.2) is 4.99 Å². The van der Waals surface area contributed by atoms with Gasteiger partial charge in [0, 0.05) is 5.25 Å². The molecule has 8 heavy (non-hydrogen) atoms. The highest BCUT2D eigenvalue weighted by Gasteiger charge is 2.21. The molecule has 0 aromatic rings. The van der Waals surface area contributed by atoms with Gasteiger partial charge in [-0.1, -0.05) is 27.7 Å². The Morgan fingerprint density at radius 3 is 2.50 bits per heavy atom. The van der Waals surface area contributed by atoms with Gasteiger partial charge in [-0.2, -0.15) is 0 Å². The zero-order chi connectivity index (χ0) is 6.15. The first-order chi connectivity index (χ1) is 3.70. The van der Waals surface area contributed by atoms with Crippen LogP contribution in [0, 0.1) is 0 Å². The maximum atomic E-state index is 4.18. The van der Waals surface area contributed by atoms with Gasteiger partial charge < -0.3 is 0 Å². The molecule has 0 N–H and O–H groups in total. The number of alkyl halides is 1. The summed E-state index contributed by atoms with van der Waals surface area (Å²) in [5, 5.41) is 0.573. The van der Waals surface area contributed by atoms with Crippen molar-refractivity contribution in [2.75, 3.05) is 0 Å². The van der Waals surface area contributed by atoms with Crippen LogP contribution in [0.4, 0.5) is 0 Å². The summed E-state index contributed by atoms with van der Waals surface area (Å²) in [6.45, 7) is 2.14. The predicted molar refractivity (Wildman–Crippen MR) is 46.1 cm³/mol. The highest BCUT2D eigenvalue weighted by molar-refractivity contribution is 9.22. The van der Waals surface area contributed by atoms with E-state index in [-0.39, 0.29) is 0 Å². The van der Waals surface area contributed by atoms with Gasteiger partial charge in [-0.15, -0.1) is 0 Å². The molecule has 1 nitrogen and oxygen atoms in total. The largest absolute Gasteiger partial charge is 0.255 e. The lowest BCUT2D eigenvalue weighted by Crippen LogP contribution is -2.02. The van der Waals surface area contributed by atoms with E-state index >= 15 is 0 Å². The summed E-state index contributed by atoms with van der Waals surface area (Å²) in [6.07, 6.45) is 0. The van der Waals surface area contributed by atoms with Gasteiger partial charge in [-0.3, -0.25) is 4.99 Å². The van der Waals surface area contributed by atoms with Crippen LogP contribution < -0.4 is 0 Å². The summed E-state index contributed by atoms with van der Waals surface area (Å²) in [7, 11) is 0. The van der Waals surface area contributed by atoms with Gasteiger partial charge >= 0.3 is 0 Å². The van der Waals surface area contributed by atoms with Crippen LogP contribution in [-0.4, -0.2) is 14.2 Å². The lowest BCUT2D eigenvalue weighted by Gasteiger charge is -2.00. The molecule has 0 radical (unpaired) electrons. The average Bonchev–Trinajstić information content (AvgIpc) is 1.85. The van der Waals surface area contributed by atoms with Gasteiger partial charge in [0.1, 0.15) is 8.90 Å². The molecule has 1 rings (SSSR count). The van der Waals surface area contributed by atoms with Crippen LogP contribution in [0.25, 0.3) is 0 Å². The average molecular weight is 259 g/mol. The fourth-order valence-electron chi connectivity index (χ4n) is 0.442. The number of nitrogens with zero attached hydrogens (tertiary/aromatic N) is 1. The van der Waals surface area contributed by atoms with Gasteiger partial charge in [-0.05, 0) is 22.9 Å². The zero-order valence-corrected chi connectivity index (χ0v) is 8.25. The molecule has 1 heterocycles. The van der Waals surface area contributed by atoms with Gasteiger partial charge in [-0.25, -0.2) is 0 Å². The Balaban J connectivity index is 2.56. The van der Waals surface area contributed by atoms with Gasteiger partial charge in [0.05, 0.1) is 0 Å². The second-order valence-electron chi connectivity index (χ2n) is 1.58. The Morgan fingerprint density at radius 1 is 1.75 bits per heavy atom. The molecule has 0 aromatic carbocycles. The molecule has 0 aliphatic carbocycles. The van der Waals surface area contributed by atoms with Crippen LogP contribution in [0.5, 0.6) is 0 Å². The molecule has 0 saturated heterocycles. The van der Waals surface area contributed by atoms with E-state index in [0.717, 1.165) is 3.95 Å². The fraction of sp³-hybridized carbons (Fsp3) is 0.750. The van der Waals surface area contributed by atoms with Crippen LogP contribution in [0.2, 0.25) is 0 Å². The summed E-state index contributed by atoms with van der Waals surface area (Å²) >= 11 is 8.46. The molecule has 1 aliphatic rings. The van der Waals surface area contributed by atoms with Gasteiger partial charge in [0.25, 0.3) is 0 Å². The minimum Gasteiger partial charge on any atom is -0.255 e. The maximum absolute atomic E-state index is 4.18. The summed E-state index contributed by atoms with van der Waals surface area (Å²) in [4.78, 5) is 4.49. The standard InChI is InChI=1S/C4H5Br2NS/c1-2-3(5)7-4(6)8-2/h2-3H,1H3. The second kappa shape index (κ2) is 2.71. The number of hydrogen-bond acceptors (Lipinski definition) is 2. The highest BCUT2D eigenvalue weighted by atomic mass is 79.9. The van der Waals surface area contributed by atoms with E-state index in [1.165, 1.54) is 0 Å². The molecule has 46 valence electrons. The van der Waals surface area contributed by atoms with E-state index in [1.54, 1.807) is 11.8 Å². The topological polar surface area (TPSA) is 12.4 Å². The van der Waals surface area contributed by atoms with Gasteiger partial charge in [0.2, 0.25) is 0 Å². The molecule has 4 heteroatoms. The molecular formula is C4H5Br2NS. The molecule has 2 unspecified atom stereocenters. The third-order valence-corrected chi connectivity index (χ3v) is 3.94. The normalized spacial score (nSPS) is 37.6. The van der Waals surface area contributed by atoms with Crippen molar-refractivity contribution in [2.45, 2.75) is 17.1 Å². The number of hydrogen-bond donors (Lipinski definition) is 0. The van der Waals surface area contributed by atoms with Crippen molar-refractivity contribution in [3.05, 3.63) is 0 Å². The number of thioether (sulfide) groups is 1. The predicted octanol–water partition coefficient (Wildman–Crippen LogP) is 2.59. The first-order valence-corrected chi connectivity index (χ1v) is 4.83. The zero-order valence-electron chi connectivity index (χ0n) is 4.27. The van der Waals surface area contributed by atoms with Crippen LogP contribution in [0.1, 0.15) is 6.92 Å². The third kappa shape index (κ3) is 1.48. The van der Waals surface area contributed by atoms with Crippen molar-refractivity contribution in [1.29, 1.82) is 0 Å². The van der Waals surface area contributed by atoms with Gasteiger partial charge in [0.15, 0.2) is 0 Å². The molecular weight excluding hydrogens is 254 g/mol. The van der Waals surface area contributed by atoms with Crippen LogP contribution in [0.3, 0.4) is 0 Å². The Kier molecular flexibility index (Phi) is 2.40. The third-order valence-electron chi connectivity index (χ3n) is 0.895. The summed E-state index contributed by atoms with van der Waals surface area (Å²) < 4.78 is 1.01. The van der Waals surface area contributed by atoms with E-state index in [4.69, 9.17) is 0 Å². The van der Waals surface area contributed by atoms with E-state index in [0.29, 0.717) is 10.2 Å². The summed E-state index contributed by atoms with van der Waals surface area (Å²) in [6, 6.07) is 0. The SMILES string of the molecule is CC1SC(Br)=NC1Br. The van der Waals surface area contributed by atoms with E-state index in [1.807, 2.05) is 0 Å². The minimum absolute atomic E-state index is 0.307. The van der Waals surface area contributed by atoms with E-state index < -0.39 is 0 Å². The van der Waals surface area contributed by atoms with Crippen LogP contribution >= 0.6 is 43.6 Å². The Labute approximate surface area is 69.6 Å². The lowest BCUT2D eigenvalue weighted by atomic mass is 10.5. The molecule has 2 atom stereocenters. The fourth-order valence-corrected chi connectivity index (χ4v) is 3.14. The van der Waals surface area contributed by atoms with Crippen LogP contribution in [-0.2, 0) is 0 Å². The minimum atomic E-state index is 0.307. The second-order valence-corrected chi connectivity index (χ2v) is 5.16. The van der Waals surface area contributed by atoms with E-state index in [9.17, 15) is 0 Å². The van der Waals surface area contributed by atoms with Crippen molar-refractivity contribution in [1.82, 2.24) is 0 Å². The molecule has 0 bridgehead atoms. The Morgan fingerprint density at radius 2 is 2.38 bits per heavy atom. The molecule has 0 saturated carbocycles. The molecule has 0 aromatic heterocycles. The molecule has 1 aliphatic heterocycles. The van der Waals surface area contributed by atoms with Crippen molar-refractivity contribution >= 4 is 47.6 Å². The van der Waals surface area contributed by atoms with Crippen molar-refractivity contribution in [3.8, 4) is 0 Å².